The summed E-state index contributed by atoms with van der Waals surface area (Å²) in [4.78, 5) is 11.2. The smallest absolute Gasteiger partial charge is 0.202 e. The van der Waals surface area contributed by atoms with Crippen molar-refractivity contribution >= 4 is 33.3 Å². The van der Waals surface area contributed by atoms with Gasteiger partial charge in [-0.25, -0.2) is 9.97 Å². The van der Waals surface area contributed by atoms with E-state index in [4.69, 9.17) is 0 Å². The van der Waals surface area contributed by atoms with E-state index in [1.165, 1.54) is 16.0 Å². The molecule has 0 aliphatic rings. The van der Waals surface area contributed by atoms with Crippen LogP contribution in [0.4, 0.5) is 0 Å². The van der Waals surface area contributed by atoms with E-state index in [2.05, 4.69) is 57.6 Å². The highest BCUT2D eigenvalue weighted by Crippen LogP contribution is 2.37. The zero-order valence-electron chi connectivity index (χ0n) is 14.4. The molecule has 0 aliphatic carbocycles. The van der Waals surface area contributed by atoms with E-state index in [0.29, 0.717) is 0 Å². The highest BCUT2D eigenvalue weighted by molar-refractivity contribution is 7.99. The molecular formula is C18H17N5S2. The molecule has 1 aromatic carbocycles. The SMILES string of the molecule is Cc1ccccc1-n1c(C)nnc1Sc1ncnc2sc(C)c(C)c12. The van der Waals surface area contributed by atoms with E-state index in [0.717, 1.165) is 31.9 Å². The third-order valence-electron chi connectivity index (χ3n) is 4.27. The Bertz CT molecular complexity index is 1080. The third-order valence-corrected chi connectivity index (χ3v) is 6.33. The van der Waals surface area contributed by atoms with Gasteiger partial charge in [-0.1, -0.05) is 18.2 Å². The largest absolute Gasteiger partial charge is 0.274 e. The van der Waals surface area contributed by atoms with E-state index in [9.17, 15) is 0 Å². The molecule has 0 spiro atoms. The standard InChI is InChI=1S/C18H17N5S2/c1-10-7-5-6-8-14(10)23-13(4)21-22-18(23)25-17-15-11(2)12(3)24-16(15)19-9-20-17/h5-9H,1-4H3. The first-order valence-corrected chi connectivity index (χ1v) is 9.56. The summed E-state index contributed by atoms with van der Waals surface area (Å²) in [6, 6.07) is 8.26. The summed E-state index contributed by atoms with van der Waals surface area (Å²) in [6.45, 7) is 8.31. The number of benzene rings is 1. The van der Waals surface area contributed by atoms with Crippen molar-refractivity contribution in [1.82, 2.24) is 24.7 Å². The number of para-hydroxylation sites is 1. The number of thiophene rings is 1. The molecular weight excluding hydrogens is 350 g/mol. The molecule has 25 heavy (non-hydrogen) atoms. The quantitative estimate of drug-likeness (QED) is 0.493. The van der Waals surface area contributed by atoms with Gasteiger partial charge in [-0.05, 0) is 56.7 Å². The van der Waals surface area contributed by atoms with Gasteiger partial charge in [0.1, 0.15) is 22.0 Å². The molecule has 7 heteroatoms. The summed E-state index contributed by atoms with van der Waals surface area (Å²) in [5.41, 5.74) is 3.51. The van der Waals surface area contributed by atoms with Crippen molar-refractivity contribution in [2.45, 2.75) is 37.9 Å². The van der Waals surface area contributed by atoms with Crippen molar-refractivity contribution in [1.29, 1.82) is 0 Å². The number of fused-ring (bicyclic) bond motifs is 1. The van der Waals surface area contributed by atoms with Gasteiger partial charge in [-0.2, -0.15) is 0 Å². The summed E-state index contributed by atoms with van der Waals surface area (Å²) >= 11 is 3.24. The lowest BCUT2D eigenvalue weighted by molar-refractivity contribution is 0.860. The topological polar surface area (TPSA) is 56.5 Å². The number of aryl methyl sites for hydroxylation is 4. The third kappa shape index (κ3) is 2.73. The number of rotatable bonds is 3. The van der Waals surface area contributed by atoms with Gasteiger partial charge >= 0.3 is 0 Å². The Morgan fingerprint density at radius 1 is 1.00 bits per heavy atom. The minimum absolute atomic E-state index is 0.815. The highest BCUT2D eigenvalue weighted by atomic mass is 32.2. The van der Waals surface area contributed by atoms with E-state index in [-0.39, 0.29) is 0 Å². The summed E-state index contributed by atoms with van der Waals surface area (Å²) in [5, 5.41) is 11.5. The molecule has 3 aromatic heterocycles. The maximum Gasteiger partial charge on any atom is 0.202 e. The van der Waals surface area contributed by atoms with Crippen LogP contribution < -0.4 is 0 Å². The number of aromatic nitrogens is 5. The van der Waals surface area contributed by atoms with Crippen LogP contribution in [0.1, 0.15) is 21.8 Å². The molecule has 0 atom stereocenters. The van der Waals surface area contributed by atoms with Crippen molar-refractivity contribution in [3.8, 4) is 5.69 Å². The van der Waals surface area contributed by atoms with Crippen LogP contribution in [0.3, 0.4) is 0 Å². The van der Waals surface area contributed by atoms with E-state index in [1.807, 2.05) is 19.1 Å². The summed E-state index contributed by atoms with van der Waals surface area (Å²) in [6.07, 6.45) is 1.63. The number of hydrogen-bond donors (Lipinski definition) is 0. The monoisotopic (exact) mass is 367 g/mol. The Kier molecular flexibility index (Phi) is 4.05. The Balaban J connectivity index is 1.85. The first-order chi connectivity index (χ1) is 12.1. The van der Waals surface area contributed by atoms with Crippen LogP contribution in [0.5, 0.6) is 0 Å². The van der Waals surface area contributed by atoms with Gasteiger partial charge < -0.3 is 0 Å². The molecule has 0 amide bonds. The molecule has 0 N–H and O–H groups in total. The fraction of sp³-hybridized carbons (Fsp3) is 0.222. The fourth-order valence-electron chi connectivity index (χ4n) is 2.81. The lowest BCUT2D eigenvalue weighted by Gasteiger charge is -2.11. The van der Waals surface area contributed by atoms with E-state index < -0.39 is 0 Å². The van der Waals surface area contributed by atoms with Crippen molar-refractivity contribution in [3.63, 3.8) is 0 Å². The van der Waals surface area contributed by atoms with Crippen LogP contribution in [-0.2, 0) is 0 Å². The predicted octanol–water partition coefficient (Wildman–Crippen LogP) is 4.66. The van der Waals surface area contributed by atoms with Crippen LogP contribution in [0.2, 0.25) is 0 Å². The van der Waals surface area contributed by atoms with Gasteiger partial charge in [0, 0.05) is 10.3 Å². The highest BCUT2D eigenvalue weighted by Gasteiger charge is 2.18. The van der Waals surface area contributed by atoms with Crippen LogP contribution in [0, 0.1) is 27.7 Å². The average Bonchev–Trinajstić information content (AvgIpc) is 3.09. The molecule has 126 valence electrons. The van der Waals surface area contributed by atoms with E-state index >= 15 is 0 Å². The first-order valence-electron chi connectivity index (χ1n) is 7.93. The minimum Gasteiger partial charge on any atom is -0.274 e. The molecule has 0 unspecified atom stereocenters. The maximum atomic E-state index is 4.52. The molecule has 0 aliphatic heterocycles. The maximum absolute atomic E-state index is 4.52. The molecule has 0 saturated heterocycles. The zero-order valence-corrected chi connectivity index (χ0v) is 16.1. The Morgan fingerprint density at radius 2 is 1.80 bits per heavy atom. The van der Waals surface area contributed by atoms with E-state index in [1.54, 1.807) is 29.4 Å². The van der Waals surface area contributed by atoms with Crippen LogP contribution in [0.25, 0.3) is 15.9 Å². The average molecular weight is 368 g/mol. The molecule has 4 rings (SSSR count). The molecule has 5 nitrogen and oxygen atoms in total. The van der Waals surface area contributed by atoms with Gasteiger partial charge in [0.25, 0.3) is 0 Å². The predicted molar refractivity (Wildman–Crippen MR) is 102 cm³/mol. The molecule has 4 aromatic rings. The van der Waals surface area contributed by atoms with Gasteiger partial charge in [0.2, 0.25) is 5.16 Å². The summed E-state index contributed by atoms with van der Waals surface area (Å²) in [7, 11) is 0. The van der Waals surface area contributed by atoms with Crippen molar-refractivity contribution in [2.75, 3.05) is 0 Å². The second-order valence-corrected chi connectivity index (χ2v) is 8.06. The second-order valence-electron chi connectivity index (χ2n) is 5.90. The van der Waals surface area contributed by atoms with Crippen LogP contribution in [0.15, 0.2) is 40.8 Å². The normalized spacial score (nSPS) is 11.4. The number of nitrogens with zero attached hydrogens (tertiary/aromatic N) is 5. The summed E-state index contributed by atoms with van der Waals surface area (Å²) in [5.74, 6) is 0.861. The molecule has 0 fully saturated rings. The van der Waals surface area contributed by atoms with Gasteiger partial charge in [-0.3, -0.25) is 4.57 Å². The van der Waals surface area contributed by atoms with Crippen molar-refractivity contribution in [3.05, 3.63) is 52.4 Å². The summed E-state index contributed by atoms with van der Waals surface area (Å²) < 4.78 is 2.09. The Morgan fingerprint density at radius 3 is 2.60 bits per heavy atom. The molecule has 0 saturated carbocycles. The fourth-order valence-corrected chi connectivity index (χ4v) is 4.90. The van der Waals surface area contributed by atoms with Gasteiger partial charge in [0.05, 0.1) is 5.69 Å². The number of hydrogen-bond acceptors (Lipinski definition) is 6. The first kappa shape index (κ1) is 16.2. The van der Waals surface area contributed by atoms with Gasteiger partial charge in [0.15, 0.2) is 0 Å². The zero-order chi connectivity index (χ0) is 17.6. The Labute approximate surface area is 154 Å². The molecule has 0 radical (unpaired) electrons. The van der Waals surface area contributed by atoms with Crippen molar-refractivity contribution in [2.24, 2.45) is 0 Å². The second kappa shape index (κ2) is 6.24. The molecule has 0 bridgehead atoms. The van der Waals surface area contributed by atoms with Crippen molar-refractivity contribution < 1.29 is 0 Å². The van der Waals surface area contributed by atoms with Gasteiger partial charge in [-0.15, -0.1) is 21.5 Å². The van der Waals surface area contributed by atoms with Crippen LogP contribution >= 0.6 is 23.1 Å². The minimum atomic E-state index is 0.815. The lowest BCUT2D eigenvalue weighted by Crippen LogP contribution is -2.01. The molecule has 3 heterocycles. The van der Waals surface area contributed by atoms with Crippen LogP contribution in [-0.4, -0.2) is 24.7 Å². The lowest BCUT2D eigenvalue weighted by atomic mass is 10.2. The Hall–Kier alpha value is -2.25.